The normalized spacial score (nSPS) is 26.6. The lowest BCUT2D eigenvalue weighted by atomic mass is 10.2. The van der Waals surface area contributed by atoms with Crippen molar-refractivity contribution in [1.82, 2.24) is 9.21 Å². The predicted octanol–water partition coefficient (Wildman–Crippen LogP) is 1.50. The maximum atomic E-state index is 12.2. The molecular formula is C12H23ClN2O2S. The number of piperazine rings is 1. The lowest BCUT2D eigenvalue weighted by Crippen LogP contribution is -2.53. The van der Waals surface area contributed by atoms with Crippen LogP contribution in [0.15, 0.2) is 0 Å². The second-order valence-corrected chi connectivity index (χ2v) is 8.04. The van der Waals surface area contributed by atoms with Crippen molar-refractivity contribution >= 4 is 21.6 Å². The van der Waals surface area contributed by atoms with E-state index in [1.807, 2.05) is 0 Å². The Morgan fingerprint density at radius 2 is 1.72 bits per heavy atom. The molecule has 0 aromatic carbocycles. The second-order valence-electron chi connectivity index (χ2n) is 5.38. The van der Waals surface area contributed by atoms with Gasteiger partial charge in [0.05, 0.1) is 5.25 Å². The molecule has 4 nitrogen and oxygen atoms in total. The minimum Gasteiger partial charge on any atom is -0.298 e. The fourth-order valence-electron chi connectivity index (χ4n) is 2.93. The highest BCUT2D eigenvalue weighted by Gasteiger charge is 2.33. The first-order chi connectivity index (χ1) is 8.55. The number of alkyl halides is 1. The molecule has 0 N–H and O–H groups in total. The number of sulfonamides is 1. The summed E-state index contributed by atoms with van der Waals surface area (Å²) in [5.41, 5.74) is 0. The van der Waals surface area contributed by atoms with Crippen LogP contribution in [-0.2, 0) is 10.0 Å². The smallest absolute Gasteiger partial charge is 0.217 e. The fourth-order valence-corrected chi connectivity index (χ4v) is 4.74. The van der Waals surface area contributed by atoms with E-state index in [1.165, 1.54) is 25.7 Å². The number of nitrogens with zero attached hydrogens (tertiary/aromatic N) is 2. The van der Waals surface area contributed by atoms with Crippen molar-refractivity contribution in [2.24, 2.45) is 0 Å². The summed E-state index contributed by atoms with van der Waals surface area (Å²) in [6.45, 7) is 4.68. The quantitative estimate of drug-likeness (QED) is 0.738. The average Bonchev–Trinajstić information content (AvgIpc) is 2.91. The van der Waals surface area contributed by atoms with Crippen LogP contribution in [-0.4, -0.2) is 61.0 Å². The topological polar surface area (TPSA) is 40.6 Å². The molecule has 2 rings (SSSR count). The molecule has 2 fully saturated rings. The van der Waals surface area contributed by atoms with Crippen molar-refractivity contribution in [3.05, 3.63) is 0 Å². The van der Waals surface area contributed by atoms with Gasteiger partial charge in [-0.05, 0) is 19.8 Å². The molecule has 1 saturated carbocycles. The number of hydrogen-bond donors (Lipinski definition) is 0. The van der Waals surface area contributed by atoms with Crippen LogP contribution in [0.25, 0.3) is 0 Å². The zero-order valence-corrected chi connectivity index (χ0v) is 12.6. The van der Waals surface area contributed by atoms with Crippen LogP contribution in [0.4, 0.5) is 0 Å². The molecule has 1 heterocycles. The monoisotopic (exact) mass is 294 g/mol. The Bertz CT molecular complexity index is 360. The van der Waals surface area contributed by atoms with E-state index in [9.17, 15) is 8.42 Å². The standard InChI is InChI=1S/C12H23ClN2O2S/c1-11(10-13)18(16,17)15-8-6-14(7-9-15)12-4-2-3-5-12/h11-12H,2-10H2,1H3. The van der Waals surface area contributed by atoms with E-state index in [2.05, 4.69) is 4.90 Å². The highest BCUT2D eigenvalue weighted by atomic mass is 35.5. The molecule has 1 aliphatic heterocycles. The van der Waals surface area contributed by atoms with Gasteiger partial charge in [-0.3, -0.25) is 4.90 Å². The molecular weight excluding hydrogens is 272 g/mol. The molecule has 1 atom stereocenters. The molecule has 106 valence electrons. The van der Waals surface area contributed by atoms with Crippen molar-refractivity contribution in [3.63, 3.8) is 0 Å². The van der Waals surface area contributed by atoms with Gasteiger partial charge in [-0.25, -0.2) is 8.42 Å². The number of halogens is 1. The third-order valence-electron chi connectivity index (χ3n) is 4.20. The van der Waals surface area contributed by atoms with Crippen LogP contribution in [0.5, 0.6) is 0 Å². The second kappa shape index (κ2) is 6.07. The van der Waals surface area contributed by atoms with Crippen molar-refractivity contribution in [2.45, 2.75) is 43.9 Å². The van der Waals surface area contributed by atoms with Gasteiger partial charge in [-0.1, -0.05) is 12.8 Å². The van der Waals surface area contributed by atoms with Crippen LogP contribution in [0, 0.1) is 0 Å². The third kappa shape index (κ3) is 3.00. The Hall–Kier alpha value is 0.160. The van der Waals surface area contributed by atoms with Crippen LogP contribution in [0.3, 0.4) is 0 Å². The maximum Gasteiger partial charge on any atom is 0.217 e. The van der Waals surface area contributed by atoms with Gasteiger partial charge in [0.25, 0.3) is 0 Å². The van der Waals surface area contributed by atoms with Crippen molar-refractivity contribution in [2.75, 3.05) is 32.1 Å². The maximum absolute atomic E-state index is 12.2. The molecule has 2 aliphatic rings. The molecule has 0 spiro atoms. The first kappa shape index (κ1) is 14.6. The fraction of sp³-hybridized carbons (Fsp3) is 1.00. The van der Waals surface area contributed by atoms with Crippen LogP contribution in [0.2, 0.25) is 0 Å². The number of hydrogen-bond acceptors (Lipinski definition) is 3. The Balaban J connectivity index is 1.90. The summed E-state index contributed by atoms with van der Waals surface area (Å²) in [5, 5.41) is -0.475. The minimum atomic E-state index is -3.18. The van der Waals surface area contributed by atoms with Gasteiger partial charge in [0.15, 0.2) is 0 Å². The summed E-state index contributed by atoms with van der Waals surface area (Å²) in [4.78, 5) is 2.46. The van der Waals surface area contributed by atoms with Crippen LogP contribution >= 0.6 is 11.6 Å². The van der Waals surface area contributed by atoms with Gasteiger partial charge in [0.2, 0.25) is 10.0 Å². The van der Waals surface area contributed by atoms with E-state index < -0.39 is 15.3 Å². The number of rotatable bonds is 4. The summed E-state index contributed by atoms with van der Waals surface area (Å²) in [7, 11) is -3.18. The molecule has 1 saturated heterocycles. The van der Waals surface area contributed by atoms with Gasteiger partial charge in [0, 0.05) is 38.1 Å². The van der Waals surface area contributed by atoms with Gasteiger partial charge >= 0.3 is 0 Å². The Kier molecular flexibility index (Phi) is 4.92. The van der Waals surface area contributed by atoms with E-state index in [1.54, 1.807) is 11.2 Å². The van der Waals surface area contributed by atoms with Gasteiger partial charge in [0.1, 0.15) is 0 Å². The van der Waals surface area contributed by atoms with E-state index in [0.29, 0.717) is 19.1 Å². The van der Waals surface area contributed by atoms with E-state index in [0.717, 1.165) is 13.1 Å². The molecule has 0 bridgehead atoms. The van der Waals surface area contributed by atoms with E-state index >= 15 is 0 Å². The van der Waals surface area contributed by atoms with Gasteiger partial charge in [-0.15, -0.1) is 11.6 Å². The highest BCUT2D eigenvalue weighted by Crippen LogP contribution is 2.25. The van der Waals surface area contributed by atoms with Crippen molar-refractivity contribution in [3.8, 4) is 0 Å². The van der Waals surface area contributed by atoms with Crippen LogP contribution < -0.4 is 0 Å². The summed E-state index contributed by atoms with van der Waals surface area (Å²) in [6.07, 6.45) is 5.22. The van der Waals surface area contributed by atoms with E-state index in [4.69, 9.17) is 11.6 Å². The SMILES string of the molecule is CC(CCl)S(=O)(=O)N1CCN(C2CCCC2)CC1. The highest BCUT2D eigenvalue weighted by molar-refractivity contribution is 7.89. The zero-order valence-electron chi connectivity index (χ0n) is 11.0. The van der Waals surface area contributed by atoms with Crippen molar-refractivity contribution in [1.29, 1.82) is 0 Å². The molecule has 0 radical (unpaired) electrons. The first-order valence-corrected chi connectivity index (χ1v) is 8.88. The lowest BCUT2D eigenvalue weighted by Gasteiger charge is -2.38. The largest absolute Gasteiger partial charge is 0.298 e. The molecule has 18 heavy (non-hydrogen) atoms. The lowest BCUT2D eigenvalue weighted by molar-refractivity contribution is 0.138. The Morgan fingerprint density at radius 3 is 2.22 bits per heavy atom. The Morgan fingerprint density at radius 1 is 1.17 bits per heavy atom. The predicted molar refractivity (Wildman–Crippen MR) is 74.5 cm³/mol. The summed E-state index contributed by atoms with van der Waals surface area (Å²) < 4.78 is 26.0. The van der Waals surface area contributed by atoms with Gasteiger partial charge in [-0.2, -0.15) is 4.31 Å². The van der Waals surface area contributed by atoms with Gasteiger partial charge < -0.3 is 0 Å². The average molecular weight is 295 g/mol. The van der Waals surface area contributed by atoms with E-state index in [-0.39, 0.29) is 5.88 Å². The molecule has 1 unspecified atom stereocenters. The Labute approximate surface area is 115 Å². The molecule has 0 aromatic rings. The third-order valence-corrected chi connectivity index (χ3v) is 7.11. The minimum absolute atomic E-state index is 0.172. The molecule has 0 amide bonds. The summed E-state index contributed by atoms with van der Waals surface area (Å²) >= 11 is 5.67. The summed E-state index contributed by atoms with van der Waals surface area (Å²) in [6, 6.07) is 0.695. The zero-order chi connectivity index (χ0) is 13.2. The molecule has 1 aliphatic carbocycles. The molecule has 6 heteroatoms. The molecule has 0 aromatic heterocycles. The van der Waals surface area contributed by atoms with Crippen LogP contribution in [0.1, 0.15) is 32.6 Å². The first-order valence-electron chi connectivity index (χ1n) is 6.84. The summed E-state index contributed by atoms with van der Waals surface area (Å²) in [5.74, 6) is 0.172. The van der Waals surface area contributed by atoms with Crippen molar-refractivity contribution < 1.29 is 8.42 Å².